The highest BCUT2D eigenvalue weighted by Crippen LogP contribution is 2.07. The van der Waals surface area contributed by atoms with Crippen molar-refractivity contribution >= 4 is 18.9 Å². The fourth-order valence-corrected chi connectivity index (χ4v) is 0.415. The summed E-state index contributed by atoms with van der Waals surface area (Å²) in [6.45, 7) is 1.57. The van der Waals surface area contributed by atoms with E-state index >= 15 is 0 Å². The van der Waals surface area contributed by atoms with Gasteiger partial charge in [0.05, 0.1) is 0 Å². The number of hydrogen-bond acceptors (Lipinski definition) is 3. The van der Waals surface area contributed by atoms with Crippen molar-refractivity contribution in [3.05, 3.63) is 12.2 Å². The molecule has 0 aliphatic carbocycles. The molecule has 0 saturated carbocycles. The molecule has 0 N–H and O–H groups in total. The molecule has 0 aliphatic heterocycles. The average Bonchev–Trinajstić information content (AvgIpc) is 2.01. The molecule has 0 aromatic rings. The normalized spacial score (nSPS) is 11.3. The van der Waals surface area contributed by atoms with Crippen LogP contribution in [-0.2, 0) is 14.4 Å². The van der Waals surface area contributed by atoms with Crippen LogP contribution in [0.1, 0.15) is 6.92 Å². The zero-order valence-corrected chi connectivity index (χ0v) is 5.38. The zero-order chi connectivity index (χ0) is 8.04. The van der Waals surface area contributed by atoms with Crippen molar-refractivity contribution in [2.75, 3.05) is 0 Å². The molecular weight excluding hydrogens is 132 g/mol. The van der Waals surface area contributed by atoms with E-state index in [1.54, 1.807) is 6.92 Å². The van der Waals surface area contributed by atoms with Crippen molar-refractivity contribution < 1.29 is 14.4 Å². The van der Waals surface area contributed by atoms with Gasteiger partial charge in [-0.3, -0.25) is 14.4 Å². The van der Waals surface area contributed by atoms with Crippen molar-refractivity contribution in [1.82, 2.24) is 0 Å². The smallest absolute Gasteiger partial charge is 0.226 e. The molecule has 0 unspecified atom stereocenters. The molecule has 0 saturated heterocycles. The minimum atomic E-state index is -1.92. The summed E-state index contributed by atoms with van der Waals surface area (Å²) >= 11 is 0. The van der Waals surface area contributed by atoms with Crippen LogP contribution < -0.4 is 0 Å². The van der Waals surface area contributed by atoms with Crippen molar-refractivity contribution in [1.29, 1.82) is 0 Å². The second-order valence-corrected chi connectivity index (χ2v) is 1.61. The quantitative estimate of drug-likeness (QED) is 0.401. The second kappa shape index (κ2) is 3.71. The molecule has 3 nitrogen and oxygen atoms in total. The molecule has 0 heterocycles. The maximum absolute atomic E-state index is 9.98. The zero-order valence-electron chi connectivity index (χ0n) is 5.38. The molecule has 3 heteroatoms. The van der Waals surface area contributed by atoms with Gasteiger partial charge in [0.1, 0.15) is 0 Å². The van der Waals surface area contributed by atoms with Crippen LogP contribution in [0.25, 0.3) is 0 Å². The van der Waals surface area contributed by atoms with Crippen LogP contribution in [0.15, 0.2) is 12.2 Å². The Labute approximate surface area is 58.7 Å². The molecule has 0 bridgehead atoms. The van der Waals surface area contributed by atoms with E-state index in [1.165, 1.54) is 24.9 Å². The first-order valence-electron chi connectivity index (χ1n) is 2.56. The highest BCUT2D eigenvalue weighted by Gasteiger charge is 2.28. The first-order valence-corrected chi connectivity index (χ1v) is 2.56. The van der Waals surface area contributed by atoms with Gasteiger partial charge in [-0.2, -0.15) is 0 Å². The first-order chi connectivity index (χ1) is 4.74. The van der Waals surface area contributed by atoms with Gasteiger partial charge in [0.2, 0.25) is 18.9 Å². The summed E-state index contributed by atoms with van der Waals surface area (Å²) in [7, 11) is 0. The Morgan fingerprint density at radius 2 is 1.50 bits per heavy atom. The van der Waals surface area contributed by atoms with Crippen LogP contribution in [0.4, 0.5) is 0 Å². The lowest BCUT2D eigenvalue weighted by Crippen LogP contribution is -2.22. The van der Waals surface area contributed by atoms with Crippen molar-refractivity contribution in [2.24, 2.45) is 5.41 Å². The number of carbonyl (C=O) groups excluding carboxylic acids is 3. The standard InChI is InChI=1S/C7H5O3/c1-2-3-7(4-8,5-9)6-10/h2-3H,1H3/b3-2+. The lowest BCUT2D eigenvalue weighted by molar-refractivity contribution is 0.497. The van der Waals surface area contributed by atoms with Crippen LogP contribution in [0, 0.1) is 5.41 Å². The van der Waals surface area contributed by atoms with Gasteiger partial charge < -0.3 is 0 Å². The first kappa shape index (κ1) is 8.75. The molecule has 3 radical (unpaired) electrons. The van der Waals surface area contributed by atoms with Crippen LogP contribution in [-0.4, -0.2) is 18.9 Å². The predicted octanol–water partition coefficient (Wildman–Crippen LogP) is -0.122. The lowest BCUT2D eigenvalue weighted by Gasteiger charge is -2.00. The number of rotatable bonds is 4. The van der Waals surface area contributed by atoms with E-state index in [1.807, 2.05) is 0 Å². The third-order valence-electron chi connectivity index (χ3n) is 0.900. The largest absolute Gasteiger partial charge is 0.289 e. The molecule has 0 fully saturated rings. The molecule has 0 atom stereocenters. The summed E-state index contributed by atoms with van der Waals surface area (Å²) in [6.07, 6.45) is 6.17. The van der Waals surface area contributed by atoms with E-state index in [0.717, 1.165) is 6.08 Å². The molecule has 10 heavy (non-hydrogen) atoms. The van der Waals surface area contributed by atoms with Gasteiger partial charge in [0, 0.05) is 0 Å². The summed E-state index contributed by atoms with van der Waals surface area (Å²) < 4.78 is 0. The van der Waals surface area contributed by atoms with Gasteiger partial charge >= 0.3 is 0 Å². The van der Waals surface area contributed by atoms with Crippen molar-refractivity contribution in [3.8, 4) is 0 Å². The Bertz CT molecular complexity index is 148. The third-order valence-corrected chi connectivity index (χ3v) is 0.900. The Hall–Kier alpha value is -1.25. The Kier molecular flexibility index (Phi) is 3.25. The third kappa shape index (κ3) is 1.62. The van der Waals surface area contributed by atoms with Gasteiger partial charge in [0.15, 0.2) is 5.41 Å². The van der Waals surface area contributed by atoms with Crippen molar-refractivity contribution in [2.45, 2.75) is 6.92 Å². The fourth-order valence-electron chi connectivity index (χ4n) is 0.415. The lowest BCUT2D eigenvalue weighted by atomic mass is 9.94. The molecule has 0 amide bonds. The average molecular weight is 137 g/mol. The molecule has 0 rings (SSSR count). The van der Waals surface area contributed by atoms with E-state index < -0.39 is 5.41 Å². The fraction of sp³-hybridized carbons (Fsp3) is 0.286. The topological polar surface area (TPSA) is 51.2 Å². The van der Waals surface area contributed by atoms with Crippen LogP contribution in [0.5, 0.6) is 0 Å². The van der Waals surface area contributed by atoms with Gasteiger partial charge in [-0.05, 0) is 6.92 Å². The molecule has 0 spiro atoms. The SMILES string of the molecule is C/C=C/C([C]=O)([C]=O)[C]=O. The minimum Gasteiger partial charge on any atom is -0.289 e. The van der Waals surface area contributed by atoms with Crippen molar-refractivity contribution in [3.63, 3.8) is 0 Å². The Morgan fingerprint density at radius 3 is 1.60 bits per heavy atom. The molecule has 0 aromatic carbocycles. The van der Waals surface area contributed by atoms with Gasteiger partial charge in [-0.25, -0.2) is 0 Å². The van der Waals surface area contributed by atoms with E-state index in [4.69, 9.17) is 0 Å². The van der Waals surface area contributed by atoms with Gasteiger partial charge in [-0.15, -0.1) is 0 Å². The van der Waals surface area contributed by atoms with E-state index in [-0.39, 0.29) is 0 Å². The highest BCUT2D eigenvalue weighted by molar-refractivity contribution is 6.05. The summed E-state index contributed by atoms with van der Waals surface area (Å²) in [4.78, 5) is 29.9. The maximum atomic E-state index is 9.98. The van der Waals surface area contributed by atoms with E-state index in [2.05, 4.69) is 0 Å². The second-order valence-electron chi connectivity index (χ2n) is 1.61. The summed E-state index contributed by atoms with van der Waals surface area (Å²) in [5.41, 5.74) is -1.92. The van der Waals surface area contributed by atoms with Crippen LogP contribution in [0.3, 0.4) is 0 Å². The summed E-state index contributed by atoms with van der Waals surface area (Å²) in [5, 5.41) is 0. The van der Waals surface area contributed by atoms with Crippen LogP contribution in [0.2, 0.25) is 0 Å². The molecule has 0 aliphatic rings. The monoisotopic (exact) mass is 137 g/mol. The van der Waals surface area contributed by atoms with E-state index in [9.17, 15) is 14.4 Å². The predicted molar refractivity (Wildman–Crippen MR) is 34.3 cm³/mol. The Morgan fingerprint density at radius 1 is 1.10 bits per heavy atom. The molecular formula is C7H5O3. The highest BCUT2D eigenvalue weighted by atomic mass is 16.2. The summed E-state index contributed by atoms with van der Waals surface area (Å²) in [6, 6.07) is 0. The van der Waals surface area contributed by atoms with Gasteiger partial charge in [-0.1, -0.05) is 12.2 Å². The number of hydrogen-bond donors (Lipinski definition) is 0. The van der Waals surface area contributed by atoms with Crippen LogP contribution >= 0.6 is 0 Å². The van der Waals surface area contributed by atoms with E-state index in [0.29, 0.717) is 0 Å². The summed E-state index contributed by atoms with van der Waals surface area (Å²) in [5.74, 6) is 0. The maximum Gasteiger partial charge on any atom is 0.226 e. The molecule has 51 valence electrons. The molecule has 0 aromatic heterocycles. The number of allylic oxidation sites excluding steroid dienone is 2. The Balaban J connectivity index is 4.62. The minimum absolute atomic E-state index is 1.08. The van der Waals surface area contributed by atoms with Gasteiger partial charge in [0.25, 0.3) is 0 Å².